The van der Waals surface area contributed by atoms with Crippen LogP contribution < -0.4 is 5.32 Å². The van der Waals surface area contributed by atoms with E-state index in [1.54, 1.807) is 17.3 Å². The van der Waals surface area contributed by atoms with Crippen LogP contribution in [-0.2, 0) is 9.59 Å². The fourth-order valence-electron chi connectivity index (χ4n) is 3.22. The van der Waals surface area contributed by atoms with E-state index in [-0.39, 0.29) is 17.9 Å². The molecule has 0 bridgehead atoms. The molecule has 3 rings (SSSR count). The molecular weight excluding hydrogens is 316 g/mol. The number of hydrogen-bond donors (Lipinski definition) is 2. The topological polar surface area (TPSA) is 78.1 Å². The molecule has 2 heterocycles. The maximum atomic E-state index is 12.7. The maximum Gasteiger partial charge on any atom is 0.247 e. The highest BCUT2D eigenvalue weighted by atomic mass is 16.2. The molecule has 0 spiro atoms. The predicted octanol–water partition coefficient (Wildman–Crippen LogP) is 3.20. The van der Waals surface area contributed by atoms with Crippen LogP contribution in [0.3, 0.4) is 0 Å². The summed E-state index contributed by atoms with van der Waals surface area (Å²) in [6, 6.07) is 7.18. The Morgan fingerprint density at radius 3 is 2.76 bits per heavy atom. The van der Waals surface area contributed by atoms with Crippen molar-refractivity contribution in [1.29, 1.82) is 0 Å². The van der Waals surface area contributed by atoms with Gasteiger partial charge in [-0.2, -0.15) is 0 Å². The number of carbonyl (C=O) groups is 2. The zero-order valence-electron chi connectivity index (χ0n) is 14.5. The number of imidazole rings is 1. The van der Waals surface area contributed by atoms with Crippen molar-refractivity contribution >= 4 is 17.5 Å². The van der Waals surface area contributed by atoms with Crippen molar-refractivity contribution in [2.24, 2.45) is 0 Å². The summed E-state index contributed by atoms with van der Waals surface area (Å²) in [5.74, 6) is 0.770. The maximum absolute atomic E-state index is 12.7. The molecule has 25 heavy (non-hydrogen) atoms. The number of likely N-dealkylation sites (tertiary alicyclic amines) is 1. The van der Waals surface area contributed by atoms with E-state index in [9.17, 15) is 9.59 Å². The first kappa shape index (κ1) is 17.2. The number of benzene rings is 1. The molecule has 1 aromatic carbocycles. The molecule has 2 aromatic rings. The van der Waals surface area contributed by atoms with E-state index in [0.29, 0.717) is 13.0 Å². The highest BCUT2D eigenvalue weighted by molar-refractivity contribution is 5.97. The molecule has 0 saturated carbocycles. The number of nitrogens with zero attached hydrogens (tertiary/aromatic N) is 2. The smallest absolute Gasteiger partial charge is 0.247 e. The highest BCUT2D eigenvalue weighted by Crippen LogP contribution is 2.22. The van der Waals surface area contributed by atoms with Crippen LogP contribution in [-0.4, -0.2) is 39.3 Å². The van der Waals surface area contributed by atoms with Gasteiger partial charge in [-0.05, 0) is 49.9 Å². The average Bonchev–Trinajstić information content (AvgIpc) is 3.17. The summed E-state index contributed by atoms with van der Waals surface area (Å²) < 4.78 is 0. The van der Waals surface area contributed by atoms with Crippen molar-refractivity contribution in [3.05, 3.63) is 36.7 Å². The number of hydrogen-bond acceptors (Lipinski definition) is 3. The molecule has 1 aromatic heterocycles. The lowest BCUT2D eigenvalue weighted by atomic mass is 10.0. The Morgan fingerprint density at radius 2 is 2.08 bits per heavy atom. The van der Waals surface area contributed by atoms with Gasteiger partial charge in [0.1, 0.15) is 11.9 Å². The van der Waals surface area contributed by atoms with Crippen molar-refractivity contribution in [2.45, 2.75) is 45.1 Å². The summed E-state index contributed by atoms with van der Waals surface area (Å²) >= 11 is 0. The zero-order chi connectivity index (χ0) is 17.6. The normalized spacial score (nSPS) is 17.3. The van der Waals surface area contributed by atoms with Crippen LogP contribution >= 0.6 is 0 Å². The second-order valence-electron chi connectivity index (χ2n) is 6.35. The van der Waals surface area contributed by atoms with Gasteiger partial charge in [0.2, 0.25) is 11.8 Å². The van der Waals surface area contributed by atoms with E-state index in [4.69, 9.17) is 0 Å². The van der Waals surface area contributed by atoms with E-state index in [1.165, 1.54) is 0 Å². The van der Waals surface area contributed by atoms with Crippen molar-refractivity contribution < 1.29 is 9.59 Å². The molecule has 1 atom stereocenters. The number of anilines is 1. The van der Waals surface area contributed by atoms with Gasteiger partial charge in [0.15, 0.2) is 0 Å². The van der Waals surface area contributed by atoms with Gasteiger partial charge in [0.25, 0.3) is 0 Å². The second-order valence-corrected chi connectivity index (χ2v) is 6.35. The largest absolute Gasteiger partial charge is 0.345 e. The Bertz CT molecular complexity index is 710. The Hall–Kier alpha value is -2.63. The number of aromatic amines is 1. The van der Waals surface area contributed by atoms with Gasteiger partial charge in [-0.1, -0.05) is 6.92 Å². The van der Waals surface area contributed by atoms with Gasteiger partial charge in [-0.25, -0.2) is 4.98 Å². The minimum atomic E-state index is -0.363. The molecule has 1 aliphatic heterocycles. The van der Waals surface area contributed by atoms with Crippen LogP contribution in [0, 0.1) is 0 Å². The van der Waals surface area contributed by atoms with Gasteiger partial charge in [0.05, 0.1) is 0 Å². The van der Waals surface area contributed by atoms with Crippen molar-refractivity contribution in [2.75, 3.05) is 11.9 Å². The first-order valence-electron chi connectivity index (χ1n) is 8.89. The Kier molecular flexibility index (Phi) is 5.48. The Balaban J connectivity index is 1.67. The summed E-state index contributed by atoms with van der Waals surface area (Å²) in [5, 5.41) is 2.95. The molecule has 0 radical (unpaired) electrons. The highest BCUT2D eigenvalue weighted by Gasteiger charge is 2.31. The average molecular weight is 340 g/mol. The second kappa shape index (κ2) is 7.96. The lowest BCUT2D eigenvalue weighted by Crippen LogP contribution is -2.49. The van der Waals surface area contributed by atoms with Gasteiger partial charge < -0.3 is 15.2 Å². The summed E-state index contributed by atoms with van der Waals surface area (Å²) in [4.78, 5) is 34.0. The minimum absolute atomic E-state index is 0.0792. The van der Waals surface area contributed by atoms with Gasteiger partial charge >= 0.3 is 0 Å². The first-order chi connectivity index (χ1) is 12.2. The number of H-pyrrole nitrogens is 1. The third-order valence-electron chi connectivity index (χ3n) is 4.51. The summed E-state index contributed by atoms with van der Waals surface area (Å²) in [5.41, 5.74) is 1.69. The van der Waals surface area contributed by atoms with Crippen LogP contribution in [0.25, 0.3) is 11.4 Å². The van der Waals surface area contributed by atoms with Gasteiger partial charge in [-0.3, -0.25) is 9.59 Å². The van der Waals surface area contributed by atoms with Gasteiger partial charge in [-0.15, -0.1) is 0 Å². The van der Waals surface area contributed by atoms with Crippen LogP contribution in [0.4, 0.5) is 5.69 Å². The lowest BCUT2D eigenvalue weighted by molar-refractivity contribution is -0.140. The molecule has 6 nitrogen and oxygen atoms in total. The molecule has 2 N–H and O–H groups in total. The van der Waals surface area contributed by atoms with Crippen molar-refractivity contribution in [1.82, 2.24) is 14.9 Å². The minimum Gasteiger partial charge on any atom is -0.345 e. The van der Waals surface area contributed by atoms with Crippen LogP contribution in [0.5, 0.6) is 0 Å². The third-order valence-corrected chi connectivity index (χ3v) is 4.51. The quantitative estimate of drug-likeness (QED) is 0.877. The number of carbonyl (C=O) groups excluding carboxylic acids is 2. The van der Waals surface area contributed by atoms with Gasteiger partial charge in [0, 0.05) is 36.6 Å². The van der Waals surface area contributed by atoms with E-state index >= 15 is 0 Å². The Labute approximate surface area is 147 Å². The fourth-order valence-corrected chi connectivity index (χ4v) is 3.22. The molecule has 6 heteroatoms. The van der Waals surface area contributed by atoms with E-state index in [2.05, 4.69) is 15.3 Å². The molecular formula is C19H24N4O2. The molecule has 1 saturated heterocycles. The zero-order valence-corrected chi connectivity index (χ0v) is 14.5. The molecule has 1 aliphatic rings. The molecule has 0 unspecified atom stereocenters. The fraction of sp³-hybridized carbons (Fsp3) is 0.421. The molecule has 1 fully saturated rings. The van der Waals surface area contributed by atoms with E-state index < -0.39 is 0 Å². The monoisotopic (exact) mass is 340 g/mol. The lowest BCUT2D eigenvalue weighted by Gasteiger charge is -2.34. The Morgan fingerprint density at radius 1 is 1.28 bits per heavy atom. The summed E-state index contributed by atoms with van der Waals surface area (Å²) in [6.07, 6.45) is 7.46. The van der Waals surface area contributed by atoms with Crippen LogP contribution in [0.15, 0.2) is 36.7 Å². The number of rotatable bonds is 5. The van der Waals surface area contributed by atoms with Crippen molar-refractivity contribution in [3.63, 3.8) is 0 Å². The number of piperidine rings is 1. The molecule has 132 valence electrons. The standard InChI is InChI=1S/C19H24N4O2/c1-2-5-17(24)23-13-4-3-6-16(23)19(25)22-15-9-7-14(8-10-15)18-20-11-12-21-18/h7-12,16H,2-6,13H2,1H3,(H,20,21)(H,22,25)/t16-/m0/s1. The molecule has 2 amide bonds. The number of nitrogens with one attached hydrogen (secondary N) is 2. The predicted molar refractivity (Wildman–Crippen MR) is 96.9 cm³/mol. The van der Waals surface area contributed by atoms with E-state index in [0.717, 1.165) is 42.8 Å². The van der Waals surface area contributed by atoms with E-state index in [1.807, 2.05) is 31.2 Å². The van der Waals surface area contributed by atoms with Crippen LogP contribution in [0.2, 0.25) is 0 Å². The van der Waals surface area contributed by atoms with Crippen LogP contribution in [0.1, 0.15) is 39.0 Å². The molecule has 0 aliphatic carbocycles. The first-order valence-corrected chi connectivity index (χ1v) is 8.89. The number of amides is 2. The summed E-state index contributed by atoms with van der Waals surface area (Å²) in [7, 11) is 0. The summed E-state index contributed by atoms with van der Waals surface area (Å²) in [6.45, 7) is 2.66. The number of aromatic nitrogens is 2. The van der Waals surface area contributed by atoms with Crippen molar-refractivity contribution in [3.8, 4) is 11.4 Å². The SMILES string of the molecule is CCCC(=O)N1CCCC[C@H]1C(=O)Nc1ccc(-c2ncc[nH]2)cc1. The third kappa shape index (κ3) is 4.07.